The summed E-state index contributed by atoms with van der Waals surface area (Å²) in [4.78, 5) is 0. The first-order valence-corrected chi connectivity index (χ1v) is 46.1. The number of furan rings is 1. The third-order valence-electron chi connectivity index (χ3n) is 28.0. The minimum atomic E-state index is 0.917. The first kappa shape index (κ1) is 76.8. The van der Waals surface area contributed by atoms with Crippen molar-refractivity contribution < 1.29 is 4.42 Å². The second-order valence-electron chi connectivity index (χ2n) is 35.5. The van der Waals surface area contributed by atoms with Crippen molar-refractivity contribution in [1.82, 2.24) is 0 Å². The highest BCUT2D eigenvalue weighted by atomic mass is 16.3. The Balaban J connectivity index is 0.000000105. The molecule has 0 saturated carbocycles. The number of fused-ring (bicyclic) bond motifs is 19. The lowest BCUT2D eigenvalue weighted by atomic mass is 9.83. The zero-order valence-corrected chi connectivity index (χ0v) is 72.8. The summed E-state index contributed by atoms with van der Waals surface area (Å²) in [7, 11) is 0. The van der Waals surface area contributed by atoms with Crippen LogP contribution < -0.4 is 0 Å². The van der Waals surface area contributed by atoms with E-state index < -0.39 is 0 Å². The molecule has 0 spiro atoms. The number of hydrogen-bond donors (Lipinski definition) is 0. The zero-order valence-electron chi connectivity index (χ0n) is 72.8. The highest BCUT2D eigenvalue weighted by Gasteiger charge is 2.25. The van der Waals surface area contributed by atoms with Gasteiger partial charge in [-0.05, 0) is 317 Å². The molecule has 0 aliphatic carbocycles. The standard InChI is InChI=1S/C48H30.C44H28.C40H24O/c1-2-12-33-27-34(24-21-31(33)11-1)35-25-22-32-23-26-37(29-38(32)28-35)47-42-17-7-9-19-44(42)48(45-20-10-8-18-43(45)47)46-30-36-13-3-4-14-39(36)40-15-5-6-16-41(40)46;1-2-12-32-26-33(23-20-29(32)10-1)34-24-21-30-22-25-35(28-36(30)27-34)43-39-15-5-7-17-41(39)44(42-18-8-6-16-40(42)43)38-19-9-13-31-11-3-4-14-37(31)38;1-2-12-27-24-38-36(22-26(27)11-1)35-23-28(20-21-37(35)41-38)39-31-15-5-7-17-33(31)40(34-18-8-6-16-32(34)39)30-19-9-13-25-10-3-4-14-29(25)30/h1-30H;1-28H;1-24H. The fourth-order valence-corrected chi connectivity index (χ4v) is 21.9. The molecule has 0 unspecified atom stereocenters. The summed E-state index contributed by atoms with van der Waals surface area (Å²) in [5.74, 6) is 0. The van der Waals surface area contributed by atoms with E-state index in [1.807, 2.05) is 0 Å². The van der Waals surface area contributed by atoms with Gasteiger partial charge in [0, 0.05) is 10.8 Å². The van der Waals surface area contributed by atoms with Gasteiger partial charge in [-0.3, -0.25) is 0 Å². The molecular weight excluding hydrogens is 1600 g/mol. The number of hydrogen-bond acceptors (Lipinski definition) is 1. The van der Waals surface area contributed by atoms with Crippen molar-refractivity contribution >= 4 is 184 Å². The summed E-state index contributed by atoms with van der Waals surface area (Å²) in [6.45, 7) is 0. The number of benzene rings is 27. The molecule has 28 rings (SSSR count). The molecule has 0 N–H and O–H groups in total. The molecule has 616 valence electrons. The minimum Gasteiger partial charge on any atom is -0.456 e. The lowest BCUT2D eigenvalue weighted by molar-refractivity contribution is 0.669. The van der Waals surface area contributed by atoms with E-state index in [-0.39, 0.29) is 0 Å². The van der Waals surface area contributed by atoms with Crippen molar-refractivity contribution in [3.63, 3.8) is 0 Å². The highest BCUT2D eigenvalue weighted by Crippen LogP contribution is 2.52. The molecule has 1 heteroatoms. The van der Waals surface area contributed by atoms with Gasteiger partial charge in [-0.25, -0.2) is 0 Å². The molecule has 0 radical (unpaired) electrons. The van der Waals surface area contributed by atoms with Crippen LogP contribution in [0, 0.1) is 0 Å². The van der Waals surface area contributed by atoms with Gasteiger partial charge in [-0.1, -0.05) is 431 Å². The zero-order chi connectivity index (χ0) is 87.6. The average molecular weight is 1680 g/mol. The van der Waals surface area contributed by atoms with E-state index in [1.54, 1.807) is 0 Å². The van der Waals surface area contributed by atoms with Crippen molar-refractivity contribution in [3.05, 3.63) is 497 Å². The van der Waals surface area contributed by atoms with Gasteiger partial charge in [0.15, 0.2) is 0 Å². The highest BCUT2D eigenvalue weighted by molar-refractivity contribution is 6.29. The van der Waals surface area contributed by atoms with Crippen molar-refractivity contribution in [1.29, 1.82) is 0 Å². The van der Waals surface area contributed by atoms with Gasteiger partial charge in [0.2, 0.25) is 0 Å². The third-order valence-corrected chi connectivity index (χ3v) is 28.0. The quantitative estimate of drug-likeness (QED) is 0.109. The lowest BCUT2D eigenvalue weighted by Gasteiger charge is -2.20. The summed E-state index contributed by atoms with van der Waals surface area (Å²) < 4.78 is 6.34. The molecule has 1 heterocycles. The summed E-state index contributed by atoms with van der Waals surface area (Å²) in [6, 6.07) is 182. The Hall–Kier alpha value is -17.4. The van der Waals surface area contributed by atoms with E-state index in [0.717, 1.165) is 21.9 Å². The molecule has 0 bridgehead atoms. The maximum absolute atomic E-state index is 6.34. The van der Waals surface area contributed by atoms with Gasteiger partial charge in [-0.15, -0.1) is 0 Å². The Labute approximate surface area is 768 Å². The third kappa shape index (κ3) is 13.1. The Bertz CT molecular complexity index is 9500. The molecule has 27 aromatic carbocycles. The van der Waals surface area contributed by atoms with Gasteiger partial charge < -0.3 is 4.42 Å². The summed E-state index contributed by atoms with van der Waals surface area (Å²) >= 11 is 0. The van der Waals surface area contributed by atoms with Crippen LogP contribution in [-0.2, 0) is 0 Å². The van der Waals surface area contributed by atoms with Crippen molar-refractivity contribution in [2.45, 2.75) is 0 Å². The van der Waals surface area contributed by atoms with Gasteiger partial charge in [0.05, 0.1) is 0 Å². The fourth-order valence-electron chi connectivity index (χ4n) is 21.9. The van der Waals surface area contributed by atoms with Crippen molar-refractivity contribution in [2.75, 3.05) is 0 Å². The van der Waals surface area contributed by atoms with E-state index in [4.69, 9.17) is 4.42 Å². The van der Waals surface area contributed by atoms with Crippen LogP contribution in [0.5, 0.6) is 0 Å². The normalized spacial score (nSPS) is 11.8. The molecule has 133 heavy (non-hydrogen) atoms. The Morgan fingerprint density at radius 3 is 0.744 bits per heavy atom. The van der Waals surface area contributed by atoms with Gasteiger partial charge in [0.25, 0.3) is 0 Å². The lowest BCUT2D eigenvalue weighted by Crippen LogP contribution is -1.92. The van der Waals surface area contributed by atoms with Crippen LogP contribution in [-0.4, -0.2) is 0 Å². The molecule has 0 amide bonds. The van der Waals surface area contributed by atoms with Crippen LogP contribution in [0.3, 0.4) is 0 Å². The smallest absolute Gasteiger partial charge is 0.136 e. The largest absolute Gasteiger partial charge is 0.456 e. The maximum Gasteiger partial charge on any atom is 0.136 e. The minimum absolute atomic E-state index is 0.917. The van der Waals surface area contributed by atoms with Gasteiger partial charge in [0.1, 0.15) is 11.2 Å². The monoisotopic (exact) mass is 1680 g/mol. The molecule has 0 saturated heterocycles. The summed E-state index contributed by atoms with van der Waals surface area (Å²) in [5, 5.41) is 40.2. The van der Waals surface area contributed by atoms with Crippen LogP contribution in [0.1, 0.15) is 0 Å². The van der Waals surface area contributed by atoms with Crippen LogP contribution in [0.2, 0.25) is 0 Å². The van der Waals surface area contributed by atoms with Gasteiger partial charge >= 0.3 is 0 Å². The Morgan fingerprint density at radius 1 is 0.0977 bits per heavy atom. The van der Waals surface area contributed by atoms with Crippen LogP contribution in [0.25, 0.3) is 273 Å². The van der Waals surface area contributed by atoms with E-state index in [9.17, 15) is 0 Å². The molecule has 0 atom stereocenters. The molecule has 1 nitrogen and oxygen atoms in total. The van der Waals surface area contributed by atoms with Crippen molar-refractivity contribution in [3.8, 4) is 89.0 Å². The van der Waals surface area contributed by atoms with E-state index in [1.165, 1.54) is 251 Å². The first-order valence-electron chi connectivity index (χ1n) is 46.1. The van der Waals surface area contributed by atoms with Gasteiger partial charge in [-0.2, -0.15) is 0 Å². The second-order valence-corrected chi connectivity index (χ2v) is 35.5. The Kier molecular flexibility index (Phi) is 18.4. The topological polar surface area (TPSA) is 13.1 Å². The maximum atomic E-state index is 6.34. The van der Waals surface area contributed by atoms with E-state index in [2.05, 4.69) is 497 Å². The first-order chi connectivity index (χ1) is 65.9. The Morgan fingerprint density at radius 2 is 0.346 bits per heavy atom. The van der Waals surface area contributed by atoms with E-state index in [0.29, 0.717) is 0 Å². The van der Waals surface area contributed by atoms with Crippen LogP contribution in [0.15, 0.2) is 502 Å². The molecule has 0 aliphatic heterocycles. The molecule has 0 fully saturated rings. The molecule has 28 aromatic rings. The van der Waals surface area contributed by atoms with Crippen molar-refractivity contribution in [2.24, 2.45) is 0 Å². The van der Waals surface area contributed by atoms with Crippen LogP contribution >= 0.6 is 0 Å². The number of rotatable bonds is 8. The predicted octanol–water partition coefficient (Wildman–Crippen LogP) is 37.6. The van der Waals surface area contributed by atoms with E-state index >= 15 is 0 Å². The second kappa shape index (κ2) is 31.8. The average Bonchev–Trinajstić information content (AvgIpc) is 1.17. The fraction of sp³-hybridized carbons (Fsp3) is 0. The molecule has 0 aliphatic rings. The molecular formula is C132H82O. The predicted molar refractivity (Wildman–Crippen MR) is 573 cm³/mol. The van der Waals surface area contributed by atoms with Crippen LogP contribution in [0.4, 0.5) is 0 Å². The SMILES string of the molecule is c1ccc2cc(-c3ccc4ccc(-c5c6ccccc6c(-c6cc7ccccc7c7ccccc67)c6ccccc56)cc4c3)ccc2c1.c1ccc2cc(-c3ccc4ccc(-c5c6ccccc6c(-c6cccc7ccccc67)c6ccccc56)cc4c3)ccc2c1.c1ccc2cc3c(cc2c1)oc1ccc(-c2c4ccccc4c(-c4cccc5ccccc45)c4ccccc24)cc13. The summed E-state index contributed by atoms with van der Waals surface area (Å²) in [5.41, 5.74) is 22.0. The molecule has 1 aromatic heterocycles. The summed E-state index contributed by atoms with van der Waals surface area (Å²) in [6.07, 6.45) is 0.